The van der Waals surface area contributed by atoms with E-state index in [4.69, 9.17) is 0 Å². The minimum atomic E-state index is -0.320. The smallest absolute Gasteiger partial charge is 0.332 e. The van der Waals surface area contributed by atoms with Crippen LogP contribution in [-0.4, -0.2) is 34.2 Å². The van der Waals surface area contributed by atoms with Crippen LogP contribution in [-0.2, 0) is 18.9 Å². The van der Waals surface area contributed by atoms with Crippen LogP contribution in [0.3, 0.4) is 0 Å². The molecule has 1 aromatic heterocycles. The third kappa shape index (κ3) is 3.80. The standard InChI is InChI=1S/C18H28N4O3/c1-20-15(12-16(23)21(2)18(20)25)22-10-8-13(9-11-22)17(24)19-14-6-4-3-5-7-14/h12-14H,3-11H2,1-2H3,(H,19,24). The van der Waals surface area contributed by atoms with E-state index in [0.29, 0.717) is 24.9 Å². The molecule has 0 bridgehead atoms. The van der Waals surface area contributed by atoms with Gasteiger partial charge in [0.2, 0.25) is 5.91 Å². The Labute approximate surface area is 147 Å². The fourth-order valence-electron chi connectivity index (χ4n) is 3.96. The Morgan fingerprint density at radius 1 is 1.00 bits per heavy atom. The highest BCUT2D eigenvalue weighted by Crippen LogP contribution is 2.23. The van der Waals surface area contributed by atoms with Gasteiger partial charge < -0.3 is 10.2 Å². The average Bonchev–Trinajstić information content (AvgIpc) is 2.64. The van der Waals surface area contributed by atoms with Gasteiger partial charge >= 0.3 is 5.69 Å². The summed E-state index contributed by atoms with van der Waals surface area (Å²) in [6, 6.07) is 1.85. The summed E-state index contributed by atoms with van der Waals surface area (Å²) < 4.78 is 2.61. The van der Waals surface area contributed by atoms with Crippen molar-refractivity contribution in [3.8, 4) is 0 Å². The highest BCUT2D eigenvalue weighted by Gasteiger charge is 2.28. The minimum absolute atomic E-state index is 0.0294. The zero-order chi connectivity index (χ0) is 18.0. The Hall–Kier alpha value is -2.05. The molecule has 0 spiro atoms. The van der Waals surface area contributed by atoms with Crippen molar-refractivity contribution in [1.82, 2.24) is 14.5 Å². The van der Waals surface area contributed by atoms with Crippen molar-refractivity contribution in [3.63, 3.8) is 0 Å². The molecular formula is C18H28N4O3. The van der Waals surface area contributed by atoms with E-state index in [1.807, 2.05) is 4.90 Å². The summed E-state index contributed by atoms with van der Waals surface area (Å²) >= 11 is 0. The number of nitrogens with one attached hydrogen (secondary N) is 1. The third-order valence-electron chi connectivity index (χ3n) is 5.64. The second kappa shape index (κ2) is 7.45. The molecule has 2 fully saturated rings. The monoisotopic (exact) mass is 348 g/mol. The summed E-state index contributed by atoms with van der Waals surface area (Å²) in [7, 11) is 3.16. The molecule has 1 saturated heterocycles. The van der Waals surface area contributed by atoms with Crippen molar-refractivity contribution in [3.05, 3.63) is 26.9 Å². The highest BCUT2D eigenvalue weighted by atomic mass is 16.2. The summed E-state index contributed by atoms with van der Waals surface area (Å²) in [5, 5.41) is 3.21. The van der Waals surface area contributed by atoms with Crippen molar-refractivity contribution in [1.29, 1.82) is 0 Å². The number of anilines is 1. The lowest BCUT2D eigenvalue weighted by Gasteiger charge is -2.34. The SMILES string of the molecule is Cn1c(N2CCC(C(=O)NC3CCCCC3)CC2)cc(=O)n(C)c1=O. The van der Waals surface area contributed by atoms with Gasteiger partial charge in [-0.2, -0.15) is 0 Å². The van der Waals surface area contributed by atoms with Gasteiger partial charge in [0.05, 0.1) is 0 Å². The largest absolute Gasteiger partial charge is 0.358 e. The minimum Gasteiger partial charge on any atom is -0.358 e. The molecule has 0 unspecified atom stereocenters. The van der Waals surface area contributed by atoms with Crippen LogP contribution in [0.25, 0.3) is 0 Å². The van der Waals surface area contributed by atoms with Crippen LogP contribution in [0.15, 0.2) is 15.7 Å². The maximum absolute atomic E-state index is 12.5. The first kappa shape index (κ1) is 17.8. The fourth-order valence-corrected chi connectivity index (χ4v) is 3.96. The first-order valence-corrected chi connectivity index (χ1v) is 9.29. The first-order valence-electron chi connectivity index (χ1n) is 9.29. The third-order valence-corrected chi connectivity index (χ3v) is 5.64. The second-order valence-electron chi connectivity index (χ2n) is 7.35. The van der Waals surface area contributed by atoms with E-state index in [9.17, 15) is 14.4 Å². The predicted molar refractivity (Wildman–Crippen MR) is 96.9 cm³/mol. The van der Waals surface area contributed by atoms with Crippen molar-refractivity contribution in [2.45, 2.75) is 51.0 Å². The number of rotatable bonds is 3. The van der Waals surface area contributed by atoms with Gasteiger partial charge in [-0.1, -0.05) is 19.3 Å². The van der Waals surface area contributed by atoms with E-state index in [0.717, 1.165) is 30.3 Å². The van der Waals surface area contributed by atoms with E-state index in [2.05, 4.69) is 5.32 Å². The van der Waals surface area contributed by atoms with Crippen LogP contribution in [0.5, 0.6) is 0 Å². The lowest BCUT2D eigenvalue weighted by molar-refractivity contribution is -0.126. The summed E-state index contributed by atoms with van der Waals surface area (Å²) in [4.78, 5) is 38.5. The molecule has 1 N–H and O–H groups in total. The molecule has 0 radical (unpaired) electrons. The summed E-state index contributed by atoms with van der Waals surface area (Å²) in [5.41, 5.74) is -0.616. The lowest BCUT2D eigenvalue weighted by atomic mass is 9.92. The summed E-state index contributed by atoms with van der Waals surface area (Å²) in [6.45, 7) is 1.37. The molecule has 1 aliphatic heterocycles. The Bertz CT molecular complexity index is 738. The molecular weight excluding hydrogens is 320 g/mol. The normalized spacial score (nSPS) is 19.8. The first-order chi connectivity index (χ1) is 12.0. The number of aromatic nitrogens is 2. The Kier molecular flexibility index (Phi) is 5.30. The van der Waals surface area contributed by atoms with Crippen LogP contribution in [0, 0.1) is 5.92 Å². The number of nitrogens with zero attached hydrogens (tertiary/aromatic N) is 3. The van der Waals surface area contributed by atoms with E-state index in [1.54, 1.807) is 7.05 Å². The van der Waals surface area contributed by atoms with E-state index in [-0.39, 0.29) is 23.1 Å². The van der Waals surface area contributed by atoms with Crippen LogP contribution in [0.4, 0.5) is 5.82 Å². The number of piperidine rings is 1. The Morgan fingerprint density at radius 2 is 1.64 bits per heavy atom. The van der Waals surface area contributed by atoms with Gasteiger partial charge in [0, 0.05) is 45.2 Å². The van der Waals surface area contributed by atoms with Gasteiger partial charge in [0.1, 0.15) is 5.82 Å². The van der Waals surface area contributed by atoms with Crippen LogP contribution in [0.2, 0.25) is 0 Å². The number of amides is 1. The Morgan fingerprint density at radius 3 is 2.28 bits per heavy atom. The fraction of sp³-hybridized carbons (Fsp3) is 0.722. The van der Waals surface area contributed by atoms with E-state index < -0.39 is 0 Å². The molecule has 1 saturated carbocycles. The van der Waals surface area contributed by atoms with Crippen LogP contribution < -0.4 is 21.5 Å². The van der Waals surface area contributed by atoms with Crippen LogP contribution >= 0.6 is 0 Å². The van der Waals surface area contributed by atoms with Crippen molar-refractivity contribution >= 4 is 11.7 Å². The molecule has 0 atom stereocenters. The van der Waals surface area contributed by atoms with Crippen molar-refractivity contribution < 1.29 is 4.79 Å². The maximum atomic E-state index is 12.5. The second-order valence-corrected chi connectivity index (χ2v) is 7.35. The van der Waals surface area contributed by atoms with Gasteiger partial charge in [0.25, 0.3) is 5.56 Å². The number of carbonyl (C=O) groups is 1. The summed E-state index contributed by atoms with van der Waals surface area (Å²) in [5.74, 6) is 0.838. The number of hydrogen-bond donors (Lipinski definition) is 1. The molecule has 0 aromatic carbocycles. The molecule has 7 nitrogen and oxygen atoms in total. The lowest BCUT2D eigenvalue weighted by Crippen LogP contribution is -2.46. The number of carbonyl (C=O) groups excluding carboxylic acids is 1. The molecule has 1 amide bonds. The quantitative estimate of drug-likeness (QED) is 0.874. The topological polar surface area (TPSA) is 76.3 Å². The molecule has 1 aliphatic carbocycles. The van der Waals surface area contributed by atoms with Gasteiger partial charge in [0.15, 0.2) is 0 Å². The molecule has 25 heavy (non-hydrogen) atoms. The Balaban J connectivity index is 1.61. The average molecular weight is 348 g/mol. The number of hydrogen-bond acceptors (Lipinski definition) is 4. The predicted octanol–water partition coefficient (Wildman–Crippen LogP) is 0.749. The van der Waals surface area contributed by atoms with Crippen molar-refractivity contribution in [2.24, 2.45) is 20.0 Å². The zero-order valence-corrected chi connectivity index (χ0v) is 15.2. The maximum Gasteiger partial charge on any atom is 0.332 e. The highest BCUT2D eigenvalue weighted by molar-refractivity contribution is 5.79. The van der Waals surface area contributed by atoms with Gasteiger partial charge in [-0.25, -0.2) is 4.79 Å². The van der Waals surface area contributed by atoms with Gasteiger partial charge in [-0.05, 0) is 25.7 Å². The van der Waals surface area contributed by atoms with Crippen molar-refractivity contribution in [2.75, 3.05) is 18.0 Å². The molecule has 7 heteroatoms. The molecule has 138 valence electrons. The zero-order valence-electron chi connectivity index (χ0n) is 15.2. The summed E-state index contributed by atoms with van der Waals surface area (Å²) in [6.07, 6.45) is 7.39. The van der Waals surface area contributed by atoms with Crippen LogP contribution in [0.1, 0.15) is 44.9 Å². The molecule has 2 aliphatic rings. The van der Waals surface area contributed by atoms with Gasteiger partial charge in [-0.3, -0.25) is 18.7 Å². The molecule has 3 rings (SSSR count). The van der Waals surface area contributed by atoms with E-state index in [1.165, 1.54) is 36.9 Å². The molecule has 2 heterocycles. The van der Waals surface area contributed by atoms with E-state index >= 15 is 0 Å². The van der Waals surface area contributed by atoms with Gasteiger partial charge in [-0.15, -0.1) is 0 Å². The molecule has 1 aromatic rings.